The van der Waals surface area contributed by atoms with Gasteiger partial charge in [0.05, 0.1) is 18.8 Å². The van der Waals surface area contributed by atoms with E-state index in [2.05, 4.69) is 27.7 Å². The van der Waals surface area contributed by atoms with E-state index < -0.39 is 11.4 Å². The van der Waals surface area contributed by atoms with Gasteiger partial charge in [-0.05, 0) is 17.8 Å². The van der Waals surface area contributed by atoms with Gasteiger partial charge >= 0.3 is 0 Å². The predicted molar refractivity (Wildman–Crippen MR) is 62.1 cm³/mol. The molecule has 1 saturated heterocycles. The molecule has 0 unspecified atom stereocenters. The second-order valence-corrected chi connectivity index (χ2v) is 6.80. The van der Waals surface area contributed by atoms with E-state index in [0.717, 1.165) is 12.8 Å². The number of aliphatic hydroxyl groups is 1. The van der Waals surface area contributed by atoms with Gasteiger partial charge in [-0.15, -0.1) is 0 Å². The first-order valence-corrected chi connectivity index (χ1v) is 6.12. The zero-order valence-electron chi connectivity index (χ0n) is 11.1. The Morgan fingerprint density at radius 3 is 1.56 bits per heavy atom. The molecule has 3 heteroatoms. The molecule has 0 aromatic carbocycles. The average molecular weight is 228 g/mol. The molecule has 2 aliphatic rings. The number of hydrogen-bond acceptors (Lipinski definition) is 3. The van der Waals surface area contributed by atoms with Crippen LogP contribution in [0.3, 0.4) is 0 Å². The van der Waals surface area contributed by atoms with Gasteiger partial charge in [0.2, 0.25) is 0 Å². The van der Waals surface area contributed by atoms with Crippen LogP contribution in [0.2, 0.25) is 0 Å². The van der Waals surface area contributed by atoms with Crippen molar-refractivity contribution in [3.8, 4) is 0 Å². The van der Waals surface area contributed by atoms with Crippen LogP contribution in [-0.2, 0) is 9.47 Å². The van der Waals surface area contributed by atoms with E-state index in [9.17, 15) is 5.11 Å². The molecule has 1 saturated carbocycles. The Hall–Kier alpha value is -0.120. The van der Waals surface area contributed by atoms with E-state index >= 15 is 0 Å². The van der Waals surface area contributed by atoms with Crippen LogP contribution in [-0.4, -0.2) is 29.7 Å². The highest BCUT2D eigenvalue weighted by atomic mass is 16.7. The van der Waals surface area contributed by atoms with Crippen LogP contribution in [0.15, 0.2) is 0 Å². The fourth-order valence-electron chi connectivity index (χ4n) is 3.37. The van der Waals surface area contributed by atoms with Gasteiger partial charge in [0.1, 0.15) is 0 Å². The molecule has 3 nitrogen and oxygen atoms in total. The van der Waals surface area contributed by atoms with Gasteiger partial charge in [0, 0.05) is 12.8 Å². The maximum Gasteiger partial charge on any atom is 0.169 e. The van der Waals surface area contributed by atoms with Crippen LogP contribution >= 0.6 is 0 Å². The molecular weight excluding hydrogens is 204 g/mol. The molecule has 16 heavy (non-hydrogen) atoms. The summed E-state index contributed by atoms with van der Waals surface area (Å²) < 4.78 is 11.6. The highest BCUT2D eigenvalue weighted by molar-refractivity contribution is 5.09. The minimum atomic E-state index is -0.708. The lowest BCUT2D eigenvalue weighted by Crippen LogP contribution is -2.62. The minimum Gasteiger partial charge on any atom is -0.389 e. The molecule has 1 aliphatic carbocycles. The maximum atomic E-state index is 10.8. The van der Waals surface area contributed by atoms with Crippen LogP contribution in [0, 0.1) is 10.8 Å². The summed E-state index contributed by atoms with van der Waals surface area (Å²) in [7, 11) is 0. The van der Waals surface area contributed by atoms with E-state index in [1.807, 2.05) is 6.92 Å². The van der Waals surface area contributed by atoms with E-state index in [1.54, 1.807) is 0 Å². The summed E-state index contributed by atoms with van der Waals surface area (Å²) in [5.74, 6) is -0.463. The Bertz CT molecular complexity index is 264. The highest BCUT2D eigenvalue weighted by Crippen LogP contribution is 2.58. The second kappa shape index (κ2) is 3.21. The Balaban J connectivity index is 2.36. The quantitative estimate of drug-likeness (QED) is 0.691. The lowest BCUT2D eigenvalue weighted by molar-refractivity contribution is -0.283. The molecular formula is C13H24O3. The molecule has 2 fully saturated rings. The van der Waals surface area contributed by atoms with Crippen molar-refractivity contribution in [1.82, 2.24) is 0 Å². The largest absolute Gasteiger partial charge is 0.389 e. The zero-order chi connectivity index (χ0) is 12.2. The lowest BCUT2D eigenvalue weighted by atomic mass is 9.53. The van der Waals surface area contributed by atoms with Crippen molar-refractivity contribution in [3.63, 3.8) is 0 Å². The maximum absolute atomic E-state index is 10.8. The molecule has 2 rings (SSSR count). The van der Waals surface area contributed by atoms with Gasteiger partial charge in [0.25, 0.3) is 0 Å². The van der Waals surface area contributed by atoms with Gasteiger partial charge in [-0.2, -0.15) is 0 Å². The molecule has 1 heterocycles. The number of rotatable bonds is 0. The average Bonchev–Trinajstić information content (AvgIpc) is 2.48. The molecule has 0 amide bonds. The van der Waals surface area contributed by atoms with Gasteiger partial charge in [-0.3, -0.25) is 0 Å². The topological polar surface area (TPSA) is 38.7 Å². The lowest BCUT2D eigenvalue weighted by Gasteiger charge is -2.59. The van der Waals surface area contributed by atoms with E-state index in [4.69, 9.17) is 9.47 Å². The summed E-state index contributed by atoms with van der Waals surface area (Å²) in [5, 5.41) is 10.8. The van der Waals surface area contributed by atoms with Gasteiger partial charge in [-0.1, -0.05) is 27.7 Å². The summed E-state index contributed by atoms with van der Waals surface area (Å²) in [5.41, 5.74) is -1.13. The zero-order valence-corrected chi connectivity index (χ0v) is 11.1. The Kier molecular flexibility index (Phi) is 2.48. The summed E-state index contributed by atoms with van der Waals surface area (Å²) >= 11 is 0. The fraction of sp³-hybridized carbons (Fsp3) is 1.00. The first kappa shape index (κ1) is 12.3. The van der Waals surface area contributed by atoms with E-state index in [0.29, 0.717) is 13.2 Å². The van der Waals surface area contributed by atoms with Gasteiger partial charge in [-0.25, -0.2) is 0 Å². The van der Waals surface area contributed by atoms with Crippen LogP contribution in [0.5, 0.6) is 0 Å². The van der Waals surface area contributed by atoms with Crippen LogP contribution in [0.1, 0.15) is 47.5 Å². The van der Waals surface area contributed by atoms with Crippen molar-refractivity contribution in [2.24, 2.45) is 10.8 Å². The third kappa shape index (κ3) is 1.52. The summed E-state index contributed by atoms with van der Waals surface area (Å²) in [6.45, 7) is 11.7. The molecule has 0 atom stereocenters. The molecule has 0 aromatic rings. The third-order valence-electron chi connectivity index (χ3n) is 4.87. The van der Waals surface area contributed by atoms with Crippen molar-refractivity contribution in [2.45, 2.75) is 58.8 Å². The number of hydrogen-bond donors (Lipinski definition) is 1. The highest BCUT2D eigenvalue weighted by Gasteiger charge is 2.62. The van der Waals surface area contributed by atoms with Crippen molar-refractivity contribution in [3.05, 3.63) is 0 Å². The van der Waals surface area contributed by atoms with Crippen LogP contribution in [0.25, 0.3) is 0 Å². The normalized spacial score (nSPS) is 34.1. The molecule has 1 spiro atoms. The summed E-state index contributed by atoms with van der Waals surface area (Å²) in [6, 6.07) is 0. The smallest absolute Gasteiger partial charge is 0.169 e. The Morgan fingerprint density at radius 2 is 1.19 bits per heavy atom. The van der Waals surface area contributed by atoms with Gasteiger partial charge < -0.3 is 14.6 Å². The van der Waals surface area contributed by atoms with Crippen molar-refractivity contribution in [1.29, 1.82) is 0 Å². The molecule has 1 N–H and O–H groups in total. The van der Waals surface area contributed by atoms with E-state index in [-0.39, 0.29) is 10.8 Å². The second-order valence-electron chi connectivity index (χ2n) is 6.80. The molecule has 94 valence electrons. The van der Waals surface area contributed by atoms with Crippen molar-refractivity contribution >= 4 is 0 Å². The van der Waals surface area contributed by atoms with Crippen LogP contribution in [0.4, 0.5) is 0 Å². The van der Waals surface area contributed by atoms with Crippen molar-refractivity contribution in [2.75, 3.05) is 13.2 Å². The Labute approximate surface area is 98.1 Å². The fourth-order valence-corrected chi connectivity index (χ4v) is 3.37. The summed E-state index contributed by atoms with van der Waals surface area (Å²) in [4.78, 5) is 0. The molecule has 0 bridgehead atoms. The van der Waals surface area contributed by atoms with E-state index in [1.165, 1.54) is 0 Å². The first-order chi connectivity index (χ1) is 7.12. The van der Waals surface area contributed by atoms with Crippen molar-refractivity contribution < 1.29 is 14.6 Å². The number of ether oxygens (including phenoxy) is 2. The standard InChI is InChI=1S/C13H24O3/c1-10(2)8-13(15-6-7-16-13)9-11(3,4)12(10,5)14/h14H,6-9H2,1-5H3. The minimum absolute atomic E-state index is 0.209. The van der Waals surface area contributed by atoms with Gasteiger partial charge in [0.15, 0.2) is 5.79 Å². The summed E-state index contributed by atoms with van der Waals surface area (Å²) in [6.07, 6.45) is 1.52. The monoisotopic (exact) mass is 228 g/mol. The first-order valence-electron chi connectivity index (χ1n) is 6.12. The van der Waals surface area contributed by atoms with Crippen LogP contribution < -0.4 is 0 Å². The predicted octanol–water partition coefficient (Wildman–Crippen LogP) is 2.33. The molecule has 0 radical (unpaired) electrons. The molecule has 1 aliphatic heterocycles. The molecule has 0 aromatic heterocycles. The SMILES string of the molecule is CC1(C)CC2(CC(C)(C)C1(C)O)OCCO2. The Morgan fingerprint density at radius 1 is 0.812 bits per heavy atom. The third-order valence-corrected chi connectivity index (χ3v) is 4.87.